The van der Waals surface area contributed by atoms with Gasteiger partial charge in [0.1, 0.15) is 5.82 Å². The van der Waals surface area contributed by atoms with Gasteiger partial charge < -0.3 is 15.8 Å². The highest BCUT2D eigenvalue weighted by atomic mass is 16.5. The van der Waals surface area contributed by atoms with Gasteiger partial charge in [-0.2, -0.15) is 0 Å². The maximum absolute atomic E-state index is 12.8. The van der Waals surface area contributed by atoms with Crippen LogP contribution < -0.4 is 16.7 Å². The number of carbonyl (C=O) groups is 1. The number of methoxy groups -OCH3 is 1. The molecule has 3 N–H and O–H groups in total. The van der Waals surface area contributed by atoms with Crippen LogP contribution >= 0.6 is 0 Å². The molecule has 1 amide bonds. The SMILES string of the molecule is [2H]C([2H])([2H])n1c(=O)n([C@@H]2CC[C@]([2H])(NC(=O)OC)C2)c2cc(N)ncc21. The van der Waals surface area contributed by atoms with Crippen molar-refractivity contribution in [2.45, 2.75) is 31.3 Å². The summed E-state index contributed by atoms with van der Waals surface area (Å²) >= 11 is 0. The van der Waals surface area contributed by atoms with Crippen molar-refractivity contribution in [1.82, 2.24) is 19.4 Å². The van der Waals surface area contributed by atoms with Crippen molar-refractivity contribution in [1.29, 1.82) is 0 Å². The minimum absolute atomic E-state index is 0.129. The molecule has 8 nitrogen and oxygen atoms in total. The molecule has 0 radical (unpaired) electrons. The van der Waals surface area contributed by atoms with Crippen LogP contribution in [-0.4, -0.2) is 33.3 Å². The van der Waals surface area contributed by atoms with Gasteiger partial charge in [0.05, 0.1) is 25.7 Å². The maximum Gasteiger partial charge on any atom is 0.407 e. The summed E-state index contributed by atoms with van der Waals surface area (Å²) in [6.07, 6.45) is 1.36. The van der Waals surface area contributed by atoms with Gasteiger partial charge in [-0.05, 0) is 19.3 Å². The lowest BCUT2D eigenvalue weighted by molar-refractivity contribution is 0.166. The summed E-state index contributed by atoms with van der Waals surface area (Å²) in [6.45, 7) is -2.68. The summed E-state index contributed by atoms with van der Waals surface area (Å²) in [5, 5.41) is 2.46. The zero-order valence-electron chi connectivity index (χ0n) is 16.0. The molecule has 1 aliphatic rings. The summed E-state index contributed by atoms with van der Waals surface area (Å²) < 4.78 is 37.9. The maximum atomic E-state index is 12.8. The Morgan fingerprint density at radius 2 is 2.41 bits per heavy atom. The van der Waals surface area contributed by atoms with Crippen LogP contribution in [-0.2, 0) is 11.7 Å². The average molecular weight is 309 g/mol. The van der Waals surface area contributed by atoms with Gasteiger partial charge in [0, 0.05) is 29.2 Å². The van der Waals surface area contributed by atoms with Gasteiger partial charge in [-0.15, -0.1) is 0 Å². The minimum atomic E-state index is -2.68. The third kappa shape index (κ3) is 2.30. The molecule has 2 atom stereocenters. The molecular weight excluding hydrogens is 286 g/mol. The number of hydrogen-bond donors (Lipinski definition) is 2. The van der Waals surface area contributed by atoms with E-state index in [9.17, 15) is 9.59 Å². The van der Waals surface area contributed by atoms with Gasteiger partial charge in [-0.1, -0.05) is 0 Å². The van der Waals surface area contributed by atoms with Gasteiger partial charge in [0.15, 0.2) is 0 Å². The topological polar surface area (TPSA) is 104 Å². The zero-order chi connectivity index (χ0) is 19.3. The molecule has 0 unspecified atom stereocenters. The number of fused-ring (bicyclic) bond motifs is 1. The molecule has 1 saturated carbocycles. The van der Waals surface area contributed by atoms with E-state index in [0.29, 0.717) is 22.9 Å². The summed E-state index contributed by atoms with van der Waals surface area (Å²) in [5.41, 5.74) is 5.47. The van der Waals surface area contributed by atoms with Crippen molar-refractivity contribution in [3.05, 3.63) is 22.7 Å². The van der Waals surface area contributed by atoms with Crippen LogP contribution in [0.25, 0.3) is 11.0 Å². The second-order valence-corrected chi connectivity index (χ2v) is 5.20. The smallest absolute Gasteiger partial charge is 0.407 e. The lowest BCUT2D eigenvalue weighted by atomic mass is 10.2. The van der Waals surface area contributed by atoms with Crippen LogP contribution in [0.4, 0.5) is 10.6 Å². The molecule has 0 spiro atoms. The number of aryl methyl sites for hydroxylation is 1. The standard InChI is InChI=1S/C14H19N5O3/c1-18-11-7-16-12(15)6-10(11)19(14(18)21)9-4-3-8(5-9)17-13(20)22-2/h6-9H,3-5H2,1-2H3,(H2,15,16)(H,17,20)/t8-,9+/m0/s1/i1D3,8D. The third-order valence-corrected chi connectivity index (χ3v) is 3.87. The van der Waals surface area contributed by atoms with Gasteiger partial charge in [-0.3, -0.25) is 9.13 Å². The van der Waals surface area contributed by atoms with Crippen molar-refractivity contribution < 1.29 is 15.0 Å². The molecule has 2 aromatic heterocycles. The number of nitrogens with two attached hydrogens (primary N) is 1. The van der Waals surface area contributed by atoms with E-state index < -0.39 is 30.8 Å². The number of carbonyl (C=O) groups excluding carboxylic acids is 1. The first kappa shape index (κ1) is 10.3. The molecule has 22 heavy (non-hydrogen) atoms. The number of pyridine rings is 1. The number of nitrogens with zero attached hydrogens (tertiary/aromatic N) is 3. The van der Waals surface area contributed by atoms with Gasteiger partial charge in [-0.25, -0.2) is 14.6 Å². The Balaban J connectivity index is 2.09. The first-order chi connectivity index (χ1) is 12.1. The fourth-order valence-corrected chi connectivity index (χ4v) is 2.84. The molecule has 0 bridgehead atoms. The summed E-state index contributed by atoms with van der Waals surface area (Å²) in [4.78, 5) is 28.2. The van der Waals surface area contributed by atoms with Crippen molar-refractivity contribution in [3.63, 3.8) is 0 Å². The van der Waals surface area contributed by atoms with Crippen LogP contribution in [0, 0.1) is 0 Å². The Bertz CT molecular complexity index is 922. The van der Waals surface area contributed by atoms with Crippen LogP contribution in [0.15, 0.2) is 17.1 Å². The molecule has 2 heterocycles. The number of rotatable bonds is 2. The van der Waals surface area contributed by atoms with Gasteiger partial charge in [0.25, 0.3) is 0 Å². The number of nitrogens with one attached hydrogen (secondary N) is 1. The minimum Gasteiger partial charge on any atom is -0.453 e. The highest BCUT2D eigenvalue weighted by Gasteiger charge is 2.30. The number of imidazole rings is 1. The van der Waals surface area contributed by atoms with Crippen LogP contribution in [0.1, 0.15) is 30.8 Å². The number of alkyl carbamates (subject to hydrolysis) is 1. The van der Waals surface area contributed by atoms with Gasteiger partial charge in [0.2, 0.25) is 0 Å². The quantitative estimate of drug-likeness (QED) is 0.852. The van der Waals surface area contributed by atoms with E-state index in [4.69, 9.17) is 11.2 Å². The molecule has 1 aliphatic carbocycles. The summed E-state index contributed by atoms with van der Waals surface area (Å²) in [5.74, 6) is 0.150. The van der Waals surface area contributed by atoms with E-state index in [2.05, 4.69) is 15.0 Å². The van der Waals surface area contributed by atoms with E-state index in [-0.39, 0.29) is 17.8 Å². The van der Waals surface area contributed by atoms with Crippen molar-refractivity contribution >= 4 is 22.9 Å². The first-order valence-electron chi connectivity index (χ1n) is 8.81. The number of ether oxygens (including phenoxy) is 1. The van der Waals surface area contributed by atoms with Gasteiger partial charge >= 0.3 is 11.8 Å². The Hall–Kier alpha value is -2.51. The number of hydrogen-bond acceptors (Lipinski definition) is 5. The zero-order valence-corrected chi connectivity index (χ0v) is 12.0. The molecule has 118 valence electrons. The second kappa shape index (κ2) is 5.36. The van der Waals surface area contributed by atoms with E-state index in [1.807, 2.05) is 0 Å². The molecule has 2 aromatic rings. The normalized spacial score (nSPS) is 27.8. The molecule has 0 saturated heterocycles. The Labute approximate surface area is 132 Å². The Morgan fingerprint density at radius 3 is 3.14 bits per heavy atom. The monoisotopic (exact) mass is 309 g/mol. The Morgan fingerprint density at radius 1 is 1.59 bits per heavy atom. The molecule has 3 rings (SSSR count). The van der Waals surface area contributed by atoms with E-state index in [0.717, 1.165) is 0 Å². The van der Waals surface area contributed by atoms with E-state index in [1.165, 1.54) is 23.9 Å². The molecule has 0 aromatic carbocycles. The Kier molecular flexibility index (Phi) is 2.50. The predicted molar refractivity (Wildman–Crippen MR) is 81.6 cm³/mol. The number of aromatic nitrogens is 3. The fourth-order valence-electron chi connectivity index (χ4n) is 2.84. The van der Waals surface area contributed by atoms with E-state index in [1.54, 1.807) is 0 Å². The lowest BCUT2D eigenvalue weighted by Crippen LogP contribution is -2.33. The van der Waals surface area contributed by atoms with Crippen molar-refractivity contribution in [2.24, 2.45) is 6.98 Å². The lowest BCUT2D eigenvalue weighted by Gasteiger charge is -2.14. The largest absolute Gasteiger partial charge is 0.453 e. The van der Waals surface area contributed by atoms with E-state index >= 15 is 0 Å². The number of anilines is 1. The van der Waals surface area contributed by atoms with Crippen molar-refractivity contribution in [2.75, 3.05) is 12.8 Å². The highest BCUT2D eigenvalue weighted by molar-refractivity contribution is 5.77. The number of amides is 1. The molecular formula is C14H19N5O3. The predicted octanol–water partition coefficient (Wildman–Crippen LogP) is 0.767. The molecule has 8 heteroatoms. The highest BCUT2D eigenvalue weighted by Crippen LogP contribution is 2.31. The van der Waals surface area contributed by atoms with Crippen LogP contribution in [0.5, 0.6) is 0 Å². The first-order valence-corrected chi connectivity index (χ1v) is 6.81. The van der Waals surface area contributed by atoms with Crippen molar-refractivity contribution in [3.8, 4) is 0 Å². The molecule has 0 aliphatic heterocycles. The summed E-state index contributed by atoms with van der Waals surface area (Å²) in [7, 11) is 1.20. The summed E-state index contributed by atoms with van der Waals surface area (Å²) in [6, 6.07) is -0.328. The average Bonchev–Trinajstić information content (AvgIpc) is 3.03. The third-order valence-electron chi connectivity index (χ3n) is 3.87. The number of nitrogen functional groups attached to an aromatic ring is 1. The van der Waals surface area contributed by atoms with Crippen LogP contribution in [0.3, 0.4) is 0 Å². The van der Waals surface area contributed by atoms with Crippen LogP contribution in [0.2, 0.25) is 0 Å². The fraction of sp³-hybridized carbons (Fsp3) is 0.500. The molecule has 1 fully saturated rings. The second-order valence-electron chi connectivity index (χ2n) is 5.20.